The summed E-state index contributed by atoms with van der Waals surface area (Å²) in [5, 5.41) is 3.28. The quantitative estimate of drug-likeness (QED) is 0.863. The molecule has 0 unspecified atom stereocenters. The number of benzene rings is 1. The lowest BCUT2D eigenvalue weighted by Crippen LogP contribution is -2.07. The van der Waals surface area contributed by atoms with Gasteiger partial charge in [0.1, 0.15) is 11.6 Å². The smallest absolute Gasteiger partial charge is 0.134 e. The summed E-state index contributed by atoms with van der Waals surface area (Å²) in [6.07, 6.45) is 2.45. The largest absolute Gasteiger partial charge is 0.340 e. The lowest BCUT2D eigenvalue weighted by atomic mass is 10.1. The molecule has 0 aliphatic heterocycles. The Hall–Kier alpha value is -1.94. The third-order valence-corrected chi connectivity index (χ3v) is 2.85. The lowest BCUT2D eigenvalue weighted by Gasteiger charge is -2.08. The van der Waals surface area contributed by atoms with Gasteiger partial charge in [-0.05, 0) is 49.7 Å². The Kier molecular flexibility index (Phi) is 3.89. The van der Waals surface area contributed by atoms with Gasteiger partial charge in [0, 0.05) is 18.3 Å². The van der Waals surface area contributed by atoms with Crippen LogP contribution in [0, 0.1) is 13.8 Å². The summed E-state index contributed by atoms with van der Waals surface area (Å²) < 4.78 is 0. The predicted octanol–water partition coefficient (Wildman–Crippen LogP) is 2.34. The van der Waals surface area contributed by atoms with Crippen LogP contribution in [0.3, 0.4) is 0 Å². The number of nitrogens with two attached hydrogens (primary N) is 1. The van der Waals surface area contributed by atoms with E-state index in [0.29, 0.717) is 13.0 Å². The van der Waals surface area contributed by atoms with Crippen LogP contribution in [0.4, 0.5) is 11.5 Å². The summed E-state index contributed by atoms with van der Waals surface area (Å²) in [7, 11) is 0. The van der Waals surface area contributed by atoms with E-state index in [4.69, 9.17) is 5.73 Å². The molecule has 0 aliphatic carbocycles. The molecule has 0 saturated heterocycles. The number of aromatic nitrogens is 2. The minimum atomic E-state index is 0.563. The van der Waals surface area contributed by atoms with Crippen LogP contribution in [0.15, 0.2) is 30.5 Å². The Morgan fingerprint density at radius 3 is 2.72 bits per heavy atom. The van der Waals surface area contributed by atoms with Crippen molar-refractivity contribution in [1.29, 1.82) is 0 Å². The fraction of sp³-hybridized carbons (Fsp3) is 0.286. The van der Waals surface area contributed by atoms with Crippen LogP contribution < -0.4 is 11.1 Å². The molecule has 0 amide bonds. The molecule has 1 heterocycles. The van der Waals surface area contributed by atoms with Crippen molar-refractivity contribution in [2.24, 2.45) is 5.73 Å². The number of nitrogens with zero attached hydrogens (tertiary/aromatic N) is 2. The highest BCUT2D eigenvalue weighted by atomic mass is 15.0. The van der Waals surface area contributed by atoms with Crippen LogP contribution in [0.2, 0.25) is 0 Å². The van der Waals surface area contributed by atoms with Gasteiger partial charge in [-0.3, -0.25) is 0 Å². The summed E-state index contributed by atoms with van der Waals surface area (Å²) in [6, 6.07) is 8.11. The second kappa shape index (κ2) is 5.60. The third-order valence-electron chi connectivity index (χ3n) is 2.85. The molecule has 3 N–H and O–H groups in total. The molecule has 0 saturated carbocycles. The molecule has 0 fully saturated rings. The Morgan fingerprint density at radius 1 is 1.17 bits per heavy atom. The maximum atomic E-state index is 5.50. The maximum absolute atomic E-state index is 5.50. The van der Waals surface area contributed by atoms with E-state index < -0.39 is 0 Å². The van der Waals surface area contributed by atoms with Crippen LogP contribution >= 0.6 is 0 Å². The van der Waals surface area contributed by atoms with Crippen molar-refractivity contribution in [2.75, 3.05) is 11.9 Å². The van der Waals surface area contributed by atoms with Crippen molar-refractivity contribution in [1.82, 2.24) is 9.97 Å². The number of anilines is 2. The zero-order valence-corrected chi connectivity index (χ0v) is 10.8. The molecule has 2 aromatic rings. The van der Waals surface area contributed by atoms with Gasteiger partial charge >= 0.3 is 0 Å². The Labute approximate surface area is 107 Å². The average Bonchev–Trinajstić information content (AvgIpc) is 2.35. The SMILES string of the molecule is Cc1ccc(Nc2ccnc(CCN)n2)cc1C. The van der Waals surface area contributed by atoms with Crippen molar-refractivity contribution in [3.8, 4) is 0 Å². The standard InChI is InChI=1S/C14H18N4/c1-10-3-4-12(9-11(10)2)17-14-6-8-16-13(18-14)5-7-15/h3-4,6,8-9H,5,7,15H2,1-2H3,(H,16,17,18). The van der Waals surface area contributed by atoms with Gasteiger partial charge in [0.05, 0.1) is 0 Å². The van der Waals surface area contributed by atoms with Gasteiger partial charge in [-0.2, -0.15) is 0 Å². The fourth-order valence-corrected chi connectivity index (χ4v) is 1.69. The number of hydrogen-bond acceptors (Lipinski definition) is 4. The first-order valence-corrected chi connectivity index (χ1v) is 6.05. The van der Waals surface area contributed by atoms with Crippen molar-refractivity contribution < 1.29 is 0 Å². The highest BCUT2D eigenvalue weighted by Gasteiger charge is 2.00. The minimum Gasteiger partial charge on any atom is -0.340 e. The van der Waals surface area contributed by atoms with Crippen LogP contribution in [-0.4, -0.2) is 16.5 Å². The van der Waals surface area contributed by atoms with Crippen LogP contribution in [-0.2, 0) is 6.42 Å². The van der Waals surface area contributed by atoms with Gasteiger partial charge < -0.3 is 11.1 Å². The van der Waals surface area contributed by atoms with Crippen LogP contribution in [0.5, 0.6) is 0 Å². The molecular weight excluding hydrogens is 224 g/mol. The van der Waals surface area contributed by atoms with E-state index in [1.54, 1.807) is 6.20 Å². The molecule has 0 radical (unpaired) electrons. The molecule has 1 aromatic heterocycles. The van der Waals surface area contributed by atoms with E-state index in [0.717, 1.165) is 17.3 Å². The summed E-state index contributed by atoms with van der Waals surface area (Å²) in [4.78, 5) is 8.58. The summed E-state index contributed by atoms with van der Waals surface area (Å²) in [5.41, 5.74) is 9.08. The monoisotopic (exact) mass is 242 g/mol. The van der Waals surface area contributed by atoms with E-state index in [-0.39, 0.29) is 0 Å². The van der Waals surface area contributed by atoms with Gasteiger partial charge in [-0.25, -0.2) is 9.97 Å². The van der Waals surface area contributed by atoms with E-state index in [1.807, 2.05) is 12.1 Å². The van der Waals surface area contributed by atoms with Crippen molar-refractivity contribution in [3.05, 3.63) is 47.4 Å². The number of rotatable bonds is 4. The van der Waals surface area contributed by atoms with E-state index in [1.165, 1.54) is 11.1 Å². The van der Waals surface area contributed by atoms with Gasteiger partial charge in [0.15, 0.2) is 0 Å². The Balaban J connectivity index is 2.17. The molecule has 18 heavy (non-hydrogen) atoms. The molecule has 0 spiro atoms. The topological polar surface area (TPSA) is 63.8 Å². The lowest BCUT2D eigenvalue weighted by molar-refractivity contribution is 0.870. The van der Waals surface area contributed by atoms with Crippen molar-refractivity contribution >= 4 is 11.5 Å². The normalized spacial score (nSPS) is 10.4. The van der Waals surface area contributed by atoms with Crippen molar-refractivity contribution in [2.45, 2.75) is 20.3 Å². The first-order valence-electron chi connectivity index (χ1n) is 6.05. The summed E-state index contributed by atoms with van der Waals surface area (Å²) >= 11 is 0. The van der Waals surface area contributed by atoms with E-state index in [9.17, 15) is 0 Å². The molecule has 94 valence electrons. The summed E-state index contributed by atoms with van der Waals surface area (Å²) in [6.45, 7) is 4.76. The van der Waals surface area contributed by atoms with E-state index in [2.05, 4.69) is 41.3 Å². The first kappa shape index (κ1) is 12.5. The van der Waals surface area contributed by atoms with Gasteiger partial charge in [0.25, 0.3) is 0 Å². The number of nitrogens with one attached hydrogen (secondary N) is 1. The maximum Gasteiger partial charge on any atom is 0.134 e. The zero-order chi connectivity index (χ0) is 13.0. The molecule has 2 rings (SSSR count). The number of hydrogen-bond donors (Lipinski definition) is 2. The predicted molar refractivity (Wildman–Crippen MR) is 74.0 cm³/mol. The fourth-order valence-electron chi connectivity index (χ4n) is 1.69. The van der Waals surface area contributed by atoms with Crippen molar-refractivity contribution in [3.63, 3.8) is 0 Å². The first-order chi connectivity index (χ1) is 8.69. The molecular formula is C14H18N4. The second-order valence-corrected chi connectivity index (χ2v) is 4.32. The highest BCUT2D eigenvalue weighted by molar-refractivity contribution is 5.57. The highest BCUT2D eigenvalue weighted by Crippen LogP contribution is 2.18. The second-order valence-electron chi connectivity index (χ2n) is 4.32. The molecule has 0 bridgehead atoms. The summed E-state index contributed by atoms with van der Waals surface area (Å²) in [5.74, 6) is 1.57. The number of aryl methyl sites for hydroxylation is 2. The van der Waals surface area contributed by atoms with Gasteiger partial charge in [0.2, 0.25) is 0 Å². The molecule has 0 atom stereocenters. The van der Waals surface area contributed by atoms with Gasteiger partial charge in [-0.15, -0.1) is 0 Å². The van der Waals surface area contributed by atoms with Crippen LogP contribution in [0.1, 0.15) is 17.0 Å². The third kappa shape index (κ3) is 3.05. The molecule has 4 heteroatoms. The molecule has 0 aliphatic rings. The average molecular weight is 242 g/mol. The molecule has 1 aromatic carbocycles. The Morgan fingerprint density at radius 2 is 2.00 bits per heavy atom. The molecule has 4 nitrogen and oxygen atoms in total. The Bertz CT molecular complexity index is 537. The zero-order valence-electron chi connectivity index (χ0n) is 10.8. The van der Waals surface area contributed by atoms with Crippen LogP contribution in [0.25, 0.3) is 0 Å². The van der Waals surface area contributed by atoms with E-state index >= 15 is 0 Å². The van der Waals surface area contributed by atoms with Gasteiger partial charge in [-0.1, -0.05) is 6.07 Å². The minimum absolute atomic E-state index is 0.563.